The molecule has 2 rings (SSSR count). The number of carbonyl (C=O) groups excluding carboxylic acids is 1. The van der Waals surface area contributed by atoms with Gasteiger partial charge in [-0.05, 0) is 6.92 Å². The van der Waals surface area contributed by atoms with Gasteiger partial charge in [0.15, 0.2) is 0 Å². The largest absolute Gasteiger partial charge is 0.465 e. The molecule has 22 heavy (non-hydrogen) atoms. The minimum atomic E-state index is -3.87. The molecule has 0 aliphatic rings. The standard InChI is InChI=1S/C14H17N3O4S/c1-3-21-13(18)9-15-22(19,20)12-10-17(2)16-14(12)11-7-5-4-6-8-11/h4-8,10,15H,3,9H2,1-2H3. The molecule has 1 N–H and O–H groups in total. The van der Waals surface area contributed by atoms with Gasteiger partial charge in [0.2, 0.25) is 10.0 Å². The molecule has 0 radical (unpaired) electrons. The lowest BCUT2D eigenvalue weighted by Gasteiger charge is -2.06. The van der Waals surface area contributed by atoms with E-state index < -0.39 is 22.5 Å². The molecule has 0 atom stereocenters. The highest BCUT2D eigenvalue weighted by Crippen LogP contribution is 2.25. The highest BCUT2D eigenvalue weighted by Gasteiger charge is 2.23. The number of ether oxygens (including phenoxy) is 1. The summed E-state index contributed by atoms with van der Waals surface area (Å²) >= 11 is 0. The first-order chi connectivity index (χ1) is 10.4. The Morgan fingerprint density at radius 3 is 2.64 bits per heavy atom. The fourth-order valence-corrected chi connectivity index (χ4v) is 3.07. The van der Waals surface area contributed by atoms with Crippen molar-refractivity contribution in [2.75, 3.05) is 13.2 Å². The molecule has 0 saturated carbocycles. The highest BCUT2D eigenvalue weighted by molar-refractivity contribution is 7.89. The number of sulfonamides is 1. The number of nitrogens with one attached hydrogen (secondary N) is 1. The monoisotopic (exact) mass is 323 g/mol. The SMILES string of the molecule is CCOC(=O)CNS(=O)(=O)c1cn(C)nc1-c1ccccc1. The molecule has 1 aromatic carbocycles. The second kappa shape index (κ2) is 6.71. The van der Waals surface area contributed by atoms with E-state index in [9.17, 15) is 13.2 Å². The van der Waals surface area contributed by atoms with Crippen molar-refractivity contribution in [1.29, 1.82) is 0 Å². The Balaban J connectivity index is 2.30. The van der Waals surface area contributed by atoms with Gasteiger partial charge in [0.05, 0.1) is 6.61 Å². The summed E-state index contributed by atoms with van der Waals surface area (Å²) in [5, 5.41) is 4.19. The summed E-state index contributed by atoms with van der Waals surface area (Å²) in [6.07, 6.45) is 1.40. The van der Waals surface area contributed by atoms with E-state index >= 15 is 0 Å². The first-order valence-corrected chi connectivity index (χ1v) is 8.16. The molecule has 8 heteroatoms. The Bertz CT molecular complexity index is 754. The lowest BCUT2D eigenvalue weighted by Crippen LogP contribution is -2.30. The molecule has 118 valence electrons. The van der Waals surface area contributed by atoms with Gasteiger partial charge in [0, 0.05) is 18.8 Å². The Morgan fingerprint density at radius 1 is 1.32 bits per heavy atom. The van der Waals surface area contributed by atoms with Crippen LogP contribution in [0.1, 0.15) is 6.92 Å². The first-order valence-electron chi connectivity index (χ1n) is 6.68. The van der Waals surface area contributed by atoms with Gasteiger partial charge in [-0.25, -0.2) is 8.42 Å². The summed E-state index contributed by atoms with van der Waals surface area (Å²) in [4.78, 5) is 11.3. The maximum absolute atomic E-state index is 12.4. The zero-order chi connectivity index (χ0) is 16.2. The summed E-state index contributed by atoms with van der Waals surface area (Å²) in [5.41, 5.74) is 1.01. The quantitative estimate of drug-likeness (QED) is 0.799. The van der Waals surface area contributed by atoms with Crippen molar-refractivity contribution in [3.8, 4) is 11.3 Å². The molecule has 0 amide bonds. The molecule has 0 aliphatic carbocycles. The summed E-state index contributed by atoms with van der Waals surface area (Å²) in [6, 6.07) is 8.97. The van der Waals surface area contributed by atoms with E-state index in [0.717, 1.165) is 0 Å². The van der Waals surface area contributed by atoms with Gasteiger partial charge in [-0.1, -0.05) is 30.3 Å². The van der Waals surface area contributed by atoms with Crippen LogP contribution in [0.25, 0.3) is 11.3 Å². The number of rotatable bonds is 6. The maximum Gasteiger partial charge on any atom is 0.321 e. The fraction of sp³-hybridized carbons (Fsp3) is 0.286. The first kappa shape index (κ1) is 16.2. The number of esters is 1. The molecule has 7 nitrogen and oxygen atoms in total. The van der Waals surface area contributed by atoms with Crippen LogP contribution in [-0.4, -0.2) is 37.3 Å². The average molecular weight is 323 g/mol. The van der Waals surface area contributed by atoms with Gasteiger partial charge in [-0.3, -0.25) is 9.48 Å². The molecule has 0 fully saturated rings. The van der Waals surface area contributed by atoms with Gasteiger partial charge in [-0.2, -0.15) is 9.82 Å². The maximum atomic E-state index is 12.4. The van der Waals surface area contributed by atoms with Crippen molar-refractivity contribution in [3.05, 3.63) is 36.5 Å². The normalized spacial score (nSPS) is 11.4. The lowest BCUT2D eigenvalue weighted by atomic mass is 10.2. The van der Waals surface area contributed by atoms with Gasteiger partial charge in [-0.15, -0.1) is 0 Å². The van der Waals surface area contributed by atoms with Gasteiger partial charge >= 0.3 is 5.97 Å². The Morgan fingerprint density at radius 2 is 2.00 bits per heavy atom. The summed E-state index contributed by atoms with van der Waals surface area (Å²) in [7, 11) is -2.23. The highest BCUT2D eigenvalue weighted by atomic mass is 32.2. The predicted octanol–water partition coefficient (Wildman–Crippen LogP) is 0.928. The van der Waals surface area contributed by atoms with Crippen molar-refractivity contribution >= 4 is 16.0 Å². The Labute approximate surface area is 129 Å². The minimum absolute atomic E-state index is 0.0190. The molecule has 0 aliphatic heterocycles. The third-order valence-corrected chi connectivity index (χ3v) is 4.25. The van der Waals surface area contributed by atoms with Crippen molar-refractivity contribution in [2.24, 2.45) is 7.05 Å². The van der Waals surface area contributed by atoms with E-state index in [1.807, 2.05) is 6.07 Å². The van der Waals surface area contributed by atoms with Crippen LogP contribution >= 0.6 is 0 Å². The number of nitrogens with zero attached hydrogens (tertiary/aromatic N) is 2. The molecule has 1 heterocycles. The molecular formula is C14H17N3O4S. The summed E-state index contributed by atoms with van der Waals surface area (Å²) < 4.78 is 33.1. The number of aromatic nitrogens is 2. The van der Waals surface area contributed by atoms with Crippen LogP contribution in [0.4, 0.5) is 0 Å². The third kappa shape index (κ3) is 3.71. The zero-order valence-electron chi connectivity index (χ0n) is 12.3. The van der Waals surface area contributed by atoms with Crippen LogP contribution < -0.4 is 4.72 Å². The van der Waals surface area contributed by atoms with Crippen LogP contribution in [0.2, 0.25) is 0 Å². The van der Waals surface area contributed by atoms with Crippen LogP contribution in [0, 0.1) is 0 Å². The van der Waals surface area contributed by atoms with E-state index in [4.69, 9.17) is 4.74 Å². The Hall–Kier alpha value is -2.19. The van der Waals surface area contributed by atoms with Crippen molar-refractivity contribution in [2.45, 2.75) is 11.8 Å². The number of benzene rings is 1. The predicted molar refractivity (Wildman–Crippen MR) is 80.5 cm³/mol. The minimum Gasteiger partial charge on any atom is -0.465 e. The van der Waals surface area contributed by atoms with Crippen LogP contribution in [0.15, 0.2) is 41.4 Å². The smallest absolute Gasteiger partial charge is 0.321 e. The van der Waals surface area contributed by atoms with Gasteiger partial charge in [0.25, 0.3) is 0 Å². The lowest BCUT2D eigenvalue weighted by molar-refractivity contribution is -0.141. The molecule has 0 bridgehead atoms. The number of hydrogen-bond donors (Lipinski definition) is 1. The summed E-state index contributed by atoms with van der Waals surface area (Å²) in [5.74, 6) is -0.628. The van der Waals surface area contributed by atoms with E-state index in [-0.39, 0.29) is 11.5 Å². The second-order valence-corrected chi connectivity index (χ2v) is 6.25. The molecule has 0 saturated heterocycles. The zero-order valence-corrected chi connectivity index (χ0v) is 13.1. The molecular weight excluding hydrogens is 306 g/mol. The second-order valence-electron chi connectivity index (χ2n) is 4.51. The number of aryl methyl sites for hydroxylation is 1. The molecule has 2 aromatic rings. The topological polar surface area (TPSA) is 90.3 Å². The van der Waals surface area contributed by atoms with Crippen molar-refractivity contribution in [1.82, 2.24) is 14.5 Å². The summed E-state index contributed by atoms with van der Waals surface area (Å²) in [6.45, 7) is 1.43. The van der Waals surface area contributed by atoms with E-state index in [1.54, 1.807) is 38.2 Å². The fourth-order valence-electron chi connectivity index (χ4n) is 1.90. The van der Waals surface area contributed by atoms with E-state index in [2.05, 4.69) is 9.82 Å². The van der Waals surface area contributed by atoms with E-state index in [0.29, 0.717) is 11.3 Å². The van der Waals surface area contributed by atoms with Crippen LogP contribution in [0.5, 0.6) is 0 Å². The average Bonchev–Trinajstić information content (AvgIpc) is 2.90. The number of hydrogen-bond acceptors (Lipinski definition) is 5. The molecule has 1 aromatic heterocycles. The van der Waals surface area contributed by atoms with E-state index in [1.165, 1.54) is 10.9 Å². The molecule has 0 spiro atoms. The van der Waals surface area contributed by atoms with Crippen molar-refractivity contribution in [3.63, 3.8) is 0 Å². The van der Waals surface area contributed by atoms with Gasteiger partial charge < -0.3 is 4.74 Å². The Kier molecular flexibility index (Phi) is 4.94. The third-order valence-electron chi connectivity index (χ3n) is 2.84. The van der Waals surface area contributed by atoms with Gasteiger partial charge in [0.1, 0.15) is 17.1 Å². The molecule has 0 unspecified atom stereocenters. The van der Waals surface area contributed by atoms with Crippen LogP contribution in [-0.2, 0) is 26.6 Å². The number of carbonyl (C=O) groups is 1. The van der Waals surface area contributed by atoms with Crippen LogP contribution in [0.3, 0.4) is 0 Å². The van der Waals surface area contributed by atoms with Crippen molar-refractivity contribution < 1.29 is 17.9 Å².